The van der Waals surface area contributed by atoms with Crippen LogP contribution < -0.4 is 0 Å². The molecule has 0 rings (SSSR count). The fourth-order valence-electron chi connectivity index (χ4n) is 1.63. The Morgan fingerprint density at radius 3 is 2.00 bits per heavy atom. The number of methoxy groups -OCH3 is 1. The first-order chi connectivity index (χ1) is 5.80. The Morgan fingerprint density at radius 2 is 1.69 bits per heavy atom. The van der Waals surface area contributed by atoms with Crippen molar-refractivity contribution in [3.05, 3.63) is 0 Å². The predicted octanol–water partition coefficient (Wildman–Crippen LogP) is 3.70. The molecule has 0 aromatic heterocycles. The lowest BCUT2D eigenvalue weighted by atomic mass is 9.88. The Morgan fingerprint density at radius 1 is 1.23 bits per heavy atom. The van der Waals surface area contributed by atoms with Gasteiger partial charge in [0.25, 0.3) is 0 Å². The van der Waals surface area contributed by atoms with Crippen LogP contribution in [0.15, 0.2) is 0 Å². The van der Waals surface area contributed by atoms with Gasteiger partial charge < -0.3 is 4.74 Å². The van der Waals surface area contributed by atoms with Crippen LogP contribution in [0.5, 0.6) is 0 Å². The van der Waals surface area contributed by atoms with Gasteiger partial charge in [0.05, 0.1) is 5.60 Å². The summed E-state index contributed by atoms with van der Waals surface area (Å²) in [5.41, 5.74) is -0.0541. The highest BCUT2D eigenvalue weighted by Crippen LogP contribution is 2.28. The summed E-state index contributed by atoms with van der Waals surface area (Å²) in [7, 11) is 1.76. The van der Waals surface area contributed by atoms with Gasteiger partial charge in [0, 0.05) is 12.5 Å². The second-order valence-electron chi connectivity index (χ2n) is 4.83. The minimum absolute atomic E-state index is 0.0541. The molecule has 0 aliphatic rings. The molecular formula is C11H23ClO. The van der Waals surface area contributed by atoms with E-state index in [4.69, 9.17) is 16.3 Å². The van der Waals surface area contributed by atoms with Crippen molar-refractivity contribution in [1.82, 2.24) is 0 Å². The summed E-state index contributed by atoms with van der Waals surface area (Å²) in [6.45, 7) is 10.7. The van der Waals surface area contributed by atoms with E-state index in [-0.39, 0.29) is 11.0 Å². The van der Waals surface area contributed by atoms with Crippen molar-refractivity contribution in [2.24, 2.45) is 11.8 Å². The van der Waals surface area contributed by atoms with Crippen molar-refractivity contribution < 1.29 is 4.74 Å². The van der Waals surface area contributed by atoms with Gasteiger partial charge >= 0.3 is 0 Å². The summed E-state index contributed by atoms with van der Waals surface area (Å²) in [6.07, 6.45) is 1.01. The molecule has 2 unspecified atom stereocenters. The lowest BCUT2D eigenvalue weighted by Gasteiger charge is -2.30. The van der Waals surface area contributed by atoms with Crippen LogP contribution in [0, 0.1) is 11.8 Å². The Kier molecular flexibility index (Phi) is 5.31. The van der Waals surface area contributed by atoms with E-state index in [9.17, 15) is 0 Å². The monoisotopic (exact) mass is 206 g/mol. The van der Waals surface area contributed by atoms with Crippen LogP contribution in [0.4, 0.5) is 0 Å². The molecule has 0 N–H and O–H groups in total. The Hall–Kier alpha value is 0.250. The average molecular weight is 207 g/mol. The van der Waals surface area contributed by atoms with E-state index >= 15 is 0 Å². The van der Waals surface area contributed by atoms with Crippen LogP contribution in [-0.2, 0) is 4.74 Å². The smallest absolute Gasteiger partial charge is 0.0625 e. The van der Waals surface area contributed by atoms with Crippen molar-refractivity contribution in [2.45, 2.75) is 52.0 Å². The second-order valence-corrected chi connectivity index (χ2v) is 5.34. The lowest BCUT2D eigenvalue weighted by Crippen LogP contribution is -2.30. The van der Waals surface area contributed by atoms with Gasteiger partial charge in [-0.15, -0.1) is 11.6 Å². The van der Waals surface area contributed by atoms with Crippen molar-refractivity contribution in [3.63, 3.8) is 0 Å². The van der Waals surface area contributed by atoms with E-state index in [1.54, 1.807) is 7.11 Å². The number of alkyl halides is 1. The van der Waals surface area contributed by atoms with E-state index in [0.717, 1.165) is 6.42 Å². The van der Waals surface area contributed by atoms with Crippen molar-refractivity contribution in [3.8, 4) is 0 Å². The van der Waals surface area contributed by atoms with Gasteiger partial charge in [0.15, 0.2) is 0 Å². The fraction of sp³-hybridized carbons (Fsp3) is 1.00. The molecular weight excluding hydrogens is 184 g/mol. The van der Waals surface area contributed by atoms with E-state index < -0.39 is 0 Å². The average Bonchev–Trinajstić information content (AvgIpc) is 2.02. The highest BCUT2D eigenvalue weighted by atomic mass is 35.5. The lowest BCUT2D eigenvalue weighted by molar-refractivity contribution is 0.00234. The van der Waals surface area contributed by atoms with Crippen LogP contribution in [0.25, 0.3) is 0 Å². The number of halogens is 1. The van der Waals surface area contributed by atoms with Crippen molar-refractivity contribution in [2.75, 3.05) is 7.11 Å². The highest BCUT2D eigenvalue weighted by Gasteiger charge is 2.26. The first-order valence-corrected chi connectivity index (χ1v) is 5.43. The fourth-order valence-corrected chi connectivity index (χ4v) is 1.72. The molecule has 0 amide bonds. The number of ether oxygens (including phenoxy) is 1. The summed E-state index contributed by atoms with van der Waals surface area (Å²) in [4.78, 5) is 0. The number of hydrogen-bond acceptors (Lipinski definition) is 1. The third-order valence-electron chi connectivity index (χ3n) is 2.55. The molecule has 0 bridgehead atoms. The highest BCUT2D eigenvalue weighted by molar-refractivity contribution is 6.20. The zero-order valence-corrected chi connectivity index (χ0v) is 10.5. The SMILES string of the molecule is COC(C)(C)CC(C)C(Cl)C(C)C. The molecule has 0 saturated heterocycles. The van der Waals surface area contributed by atoms with E-state index in [0.29, 0.717) is 11.8 Å². The second kappa shape index (κ2) is 5.21. The van der Waals surface area contributed by atoms with Gasteiger partial charge in [-0.3, -0.25) is 0 Å². The summed E-state index contributed by atoms with van der Waals surface area (Å²) < 4.78 is 5.38. The normalized spacial score (nSPS) is 17.5. The van der Waals surface area contributed by atoms with Gasteiger partial charge in [-0.2, -0.15) is 0 Å². The molecule has 0 aromatic rings. The zero-order valence-electron chi connectivity index (χ0n) is 9.73. The molecule has 0 radical (unpaired) electrons. The molecule has 0 aromatic carbocycles. The van der Waals surface area contributed by atoms with Crippen molar-refractivity contribution in [1.29, 1.82) is 0 Å². The first-order valence-electron chi connectivity index (χ1n) is 4.99. The molecule has 0 aliphatic carbocycles. The molecule has 0 aliphatic heterocycles. The molecule has 0 saturated carbocycles. The van der Waals surface area contributed by atoms with E-state index in [1.807, 2.05) is 0 Å². The third-order valence-corrected chi connectivity index (χ3v) is 3.48. The Bertz CT molecular complexity index is 143. The van der Waals surface area contributed by atoms with Crippen LogP contribution >= 0.6 is 11.6 Å². The maximum absolute atomic E-state index is 6.27. The van der Waals surface area contributed by atoms with E-state index in [2.05, 4.69) is 34.6 Å². The van der Waals surface area contributed by atoms with E-state index in [1.165, 1.54) is 0 Å². The van der Waals surface area contributed by atoms with Gasteiger partial charge in [-0.25, -0.2) is 0 Å². The van der Waals surface area contributed by atoms with Crippen LogP contribution in [0.2, 0.25) is 0 Å². The minimum Gasteiger partial charge on any atom is -0.379 e. The molecule has 2 atom stereocenters. The Labute approximate surface area is 87.8 Å². The maximum atomic E-state index is 6.27. The van der Waals surface area contributed by atoms with Gasteiger partial charge in [-0.1, -0.05) is 20.8 Å². The van der Waals surface area contributed by atoms with Gasteiger partial charge in [0.1, 0.15) is 0 Å². The zero-order chi connectivity index (χ0) is 10.6. The minimum atomic E-state index is -0.0541. The molecule has 13 heavy (non-hydrogen) atoms. The van der Waals surface area contributed by atoms with Crippen LogP contribution in [-0.4, -0.2) is 18.1 Å². The summed E-state index contributed by atoms with van der Waals surface area (Å²) in [5.74, 6) is 1.03. The predicted molar refractivity (Wildman–Crippen MR) is 59.3 cm³/mol. The molecule has 0 fully saturated rings. The van der Waals surface area contributed by atoms with Crippen molar-refractivity contribution >= 4 is 11.6 Å². The summed E-state index contributed by atoms with van der Waals surface area (Å²) in [6, 6.07) is 0. The molecule has 0 heterocycles. The third kappa shape index (κ3) is 4.87. The summed E-state index contributed by atoms with van der Waals surface area (Å²) in [5, 5.41) is 0.245. The Balaban J connectivity index is 4.06. The quantitative estimate of drug-likeness (QED) is 0.624. The maximum Gasteiger partial charge on any atom is 0.0625 e. The molecule has 0 spiro atoms. The van der Waals surface area contributed by atoms with Crippen LogP contribution in [0.3, 0.4) is 0 Å². The standard InChI is InChI=1S/C11H23ClO/c1-8(2)10(12)9(3)7-11(4,5)13-6/h8-10H,7H2,1-6H3. The summed E-state index contributed by atoms with van der Waals surface area (Å²) >= 11 is 6.27. The largest absolute Gasteiger partial charge is 0.379 e. The molecule has 80 valence electrons. The van der Waals surface area contributed by atoms with Gasteiger partial charge in [-0.05, 0) is 32.1 Å². The number of rotatable bonds is 5. The molecule has 2 heteroatoms. The molecule has 1 nitrogen and oxygen atoms in total. The number of hydrogen-bond donors (Lipinski definition) is 0. The van der Waals surface area contributed by atoms with Gasteiger partial charge in [0.2, 0.25) is 0 Å². The first kappa shape index (κ1) is 13.2. The topological polar surface area (TPSA) is 9.23 Å². The van der Waals surface area contributed by atoms with Crippen LogP contribution in [0.1, 0.15) is 41.0 Å².